The molecule has 0 aromatic heterocycles. The molecule has 0 N–H and O–H groups in total. The number of nitrogens with zero attached hydrogens (tertiary/aromatic N) is 1. The topological polar surface area (TPSA) is 21.7 Å². The number of hydrogen-bond donors (Lipinski definition) is 0. The Morgan fingerprint density at radius 3 is 1.28 bits per heavy atom. The Balaban J connectivity index is 3.09. The summed E-state index contributed by atoms with van der Waals surface area (Å²) in [4.78, 5) is 2.70. The summed E-state index contributed by atoms with van der Waals surface area (Å²) in [6, 6.07) is 0. The van der Waals surface area contributed by atoms with E-state index in [2.05, 4.69) is 93.5 Å². The first-order chi connectivity index (χ1) is 12.9. The highest BCUT2D eigenvalue weighted by molar-refractivity contribution is 6.74. The summed E-state index contributed by atoms with van der Waals surface area (Å²) in [5.41, 5.74) is 0.251. The minimum absolute atomic E-state index is 0.126. The Morgan fingerprint density at radius 2 is 1.03 bits per heavy atom. The number of hydrogen-bond acceptors (Lipinski definition) is 3. The fourth-order valence-corrected chi connectivity index (χ4v) is 6.14. The average Bonchev–Trinajstić information content (AvgIpc) is 2.58. The molecular weight excluding hydrogens is 390 g/mol. The van der Waals surface area contributed by atoms with E-state index in [0.29, 0.717) is 0 Å². The molecule has 5 heteroatoms. The van der Waals surface area contributed by atoms with Gasteiger partial charge in [0.1, 0.15) is 0 Å². The van der Waals surface area contributed by atoms with Gasteiger partial charge in [0, 0.05) is 11.1 Å². The molecule has 0 amide bonds. The van der Waals surface area contributed by atoms with Crippen molar-refractivity contribution >= 4 is 16.6 Å². The molecule has 0 aromatic rings. The molecule has 1 aliphatic rings. The molecule has 174 valence electrons. The van der Waals surface area contributed by atoms with E-state index in [1.807, 2.05) is 0 Å². The van der Waals surface area contributed by atoms with Crippen molar-refractivity contribution in [3.8, 4) is 0 Å². The van der Waals surface area contributed by atoms with E-state index in [4.69, 9.17) is 8.85 Å². The lowest BCUT2D eigenvalue weighted by Gasteiger charge is -2.58. The molecule has 1 saturated heterocycles. The maximum atomic E-state index is 6.80. The summed E-state index contributed by atoms with van der Waals surface area (Å²) in [7, 11) is -1.17. The quantitative estimate of drug-likeness (QED) is 0.364. The van der Waals surface area contributed by atoms with Crippen molar-refractivity contribution in [2.45, 2.75) is 135 Å². The molecule has 2 atom stereocenters. The van der Waals surface area contributed by atoms with Gasteiger partial charge in [-0.2, -0.15) is 0 Å². The van der Waals surface area contributed by atoms with Crippen LogP contribution in [0.15, 0.2) is 0 Å². The molecular formula is C24H53NO2Si2. The fraction of sp³-hybridized carbons (Fsp3) is 1.00. The summed E-state index contributed by atoms with van der Waals surface area (Å²) in [5.74, 6) is 0. The van der Waals surface area contributed by atoms with Crippen LogP contribution in [0.5, 0.6) is 0 Å². The SMILES string of the molecule is CCC1(CO[Si](C)(C)C(C)(C)C)CCCC(CC)(CO[Si](C)(C)C(C)(C)C)N1C. The second-order valence-electron chi connectivity index (χ2n) is 12.7. The largest absolute Gasteiger partial charge is 0.415 e. The molecule has 0 aliphatic carbocycles. The Kier molecular flexibility index (Phi) is 8.53. The van der Waals surface area contributed by atoms with Crippen LogP contribution in [0.4, 0.5) is 0 Å². The fourth-order valence-electron chi connectivity index (χ4n) is 4.02. The van der Waals surface area contributed by atoms with Crippen LogP contribution >= 0.6 is 0 Å². The minimum atomic E-state index is -1.76. The van der Waals surface area contributed by atoms with Crippen molar-refractivity contribution in [2.24, 2.45) is 0 Å². The molecule has 2 unspecified atom stereocenters. The van der Waals surface area contributed by atoms with Gasteiger partial charge in [-0.1, -0.05) is 55.4 Å². The highest BCUT2D eigenvalue weighted by atomic mass is 28.4. The van der Waals surface area contributed by atoms with Crippen LogP contribution in [-0.4, -0.2) is 52.9 Å². The molecule has 1 rings (SSSR count). The minimum Gasteiger partial charge on any atom is -0.415 e. The van der Waals surface area contributed by atoms with Crippen LogP contribution in [0.1, 0.15) is 87.5 Å². The smallest absolute Gasteiger partial charge is 0.192 e. The third kappa shape index (κ3) is 5.77. The third-order valence-corrected chi connectivity index (χ3v) is 18.0. The van der Waals surface area contributed by atoms with Gasteiger partial charge in [0.25, 0.3) is 0 Å². The van der Waals surface area contributed by atoms with E-state index >= 15 is 0 Å². The van der Waals surface area contributed by atoms with Crippen molar-refractivity contribution in [2.75, 3.05) is 20.3 Å². The highest BCUT2D eigenvalue weighted by Crippen LogP contribution is 2.45. The zero-order chi connectivity index (χ0) is 22.9. The molecule has 1 fully saturated rings. The monoisotopic (exact) mass is 443 g/mol. The van der Waals surface area contributed by atoms with E-state index in [0.717, 1.165) is 26.1 Å². The standard InChI is InChI=1S/C24H53NO2Si2/c1-14-23(19-26-28(10,11)21(3,4)5)17-16-18-24(15-2,25(23)9)20-27-29(12,13)22(6,7)8/h14-20H2,1-13H3. The lowest BCUT2D eigenvalue weighted by atomic mass is 9.75. The van der Waals surface area contributed by atoms with E-state index < -0.39 is 16.6 Å². The van der Waals surface area contributed by atoms with Crippen LogP contribution in [0.2, 0.25) is 36.3 Å². The maximum Gasteiger partial charge on any atom is 0.192 e. The van der Waals surface area contributed by atoms with E-state index in [9.17, 15) is 0 Å². The molecule has 1 heterocycles. The molecule has 0 spiro atoms. The second kappa shape index (κ2) is 9.05. The third-order valence-electron chi connectivity index (χ3n) is 9.04. The Labute approximate surface area is 185 Å². The van der Waals surface area contributed by atoms with Gasteiger partial charge in [-0.15, -0.1) is 0 Å². The van der Waals surface area contributed by atoms with Gasteiger partial charge in [0.15, 0.2) is 16.6 Å². The summed E-state index contributed by atoms with van der Waals surface area (Å²) in [6.07, 6.45) is 6.01. The zero-order valence-electron chi connectivity index (χ0n) is 22.2. The Bertz CT molecular complexity index is 490. The van der Waals surface area contributed by atoms with Crippen molar-refractivity contribution in [3.63, 3.8) is 0 Å². The zero-order valence-corrected chi connectivity index (χ0v) is 24.2. The van der Waals surface area contributed by atoms with E-state index in [-0.39, 0.29) is 21.2 Å². The summed E-state index contributed by atoms with van der Waals surface area (Å²) in [6.45, 7) is 30.0. The van der Waals surface area contributed by atoms with Gasteiger partial charge in [0.2, 0.25) is 0 Å². The highest BCUT2D eigenvalue weighted by Gasteiger charge is 2.50. The van der Waals surface area contributed by atoms with Crippen LogP contribution in [0, 0.1) is 0 Å². The first-order valence-electron chi connectivity index (χ1n) is 11.9. The predicted molar refractivity (Wildman–Crippen MR) is 134 cm³/mol. The van der Waals surface area contributed by atoms with Crippen molar-refractivity contribution in [1.29, 1.82) is 0 Å². The molecule has 0 aromatic carbocycles. The van der Waals surface area contributed by atoms with Gasteiger partial charge in [-0.3, -0.25) is 4.90 Å². The summed E-state index contributed by atoms with van der Waals surface area (Å²) in [5, 5.41) is 0.505. The van der Waals surface area contributed by atoms with Crippen molar-refractivity contribution in [1.82, 2.24) is 4.90 Å². The first kappa shape index (κ1) is 27.3. The van der Waals surface area contributed by atoms with Gasteiger partial charge < -0.3 is 8.85 Å². The summed E-state index contributed by atoms with van der Waals surface area (Å²) >= 11 is 0. The van der Waals surface area contributed by atoms with Gasteiger partial charge >= 0.3 is 0 Å². The lowest BCUT2D eigenvalue weighted by molar-refractivity contribution is -0.0906. The number of piperidine rings is 1. The summed E-state index contributed by atoms with van der Waals surface area (Å²) < 4.78 is 13.6. The van der Waals surface area contributed by atoms with Crippen LogP contribution in [0.3, 0.4) is 0 Å². The van der Waals surface area contributed by atoms with Crippen LogP contribution < -0.4 is 0 Å². The lowest BCUT2D eigenvalue weighted by Crippen LogP contribution is -2.66. The predicted octanol–water partition coefficient (Wildman–Crippen LogP) is 7.44. The molecule has 1 aliphatic heterocycles. The van der Waals surface area contributed by atoms with Crippen molar-refractivity contribution in [3.05, 3.63) is 0 Å². The molecule has 0 saturated carbocycles. The van der Waals surface area contributed by atoms with Crippen LogP contribution in [-0.2, 0) is 8.85 Å². The average molecular weight is 444 g/mol. The number of likely N-dealkylation sites (N-methyl/N-ethyl adjacent to an activating group) is 1. The van der Waals surface area contributed by atoms with Crippen molar-refractivity contribution < 1.29 is 8.85 Å². The van der Waals surface area contributed by atoms with Gasteiger partial charge in [-0.25, -0.2) is 0 Å². The number of likely N-dealkylation sites (tertiary alicyclic amines) is 1. The normalized spacial score (nSPS) is 28.0. The maximum absolute atomic E-state index is 6.80. The molecule has 29 heavy (non-hydrogen) atoms. The van der Waals surface area contributed by atoms with Gasteiger partial charge in [0.05, 0.1) is 13.2 Å². The Morgan fingerprint density at radius 1 is 0.724 bits per heavy atom. The first-order valence-corrected chi connectivity index (χ1v) is 17.7. The van der Waals surface area contributed by atoms with Crippen LogP contribution in [0.25, 0.3) is 0 Å². The Hall–Kier alpha value is 0.314. The number of rotatable bonds is 8. The molecule has 3 nitrogen and oxygen atoms in total. The van der Waals surface area contributed by atoms with E-state index in [1.54, 1.807) is 0 Å². The van der Waals surface area contributed by atoms with Gasteiger partial charge in [-0.05, 0) is 75.4 Å². The second-order valence-corrected chi connectivity index (χ2v) is 22.3. The molecule has 0 bridgehead atoms. The van der Waals surface area contributed by atoms with E-state index in [1.165, 1.54) is 19.3 Å². The molecule has 0 radical (unpaired) electrons.